The number of amides is 1. The molecular formula is C19H21NO5. The monoisotopic (exact) mass is 343 g/mol. The third-order valence-corrected chi connectivity index (χ3v) is 3.71. The molecule has 132 valence electrons. The van der Waals surface area contributed by atoms with Crippen molar-refractivity contribution in [3.8, 4) is 17.2 Å². The van der Waals surface area contributed by atoms with Crippen molar-refractivity contribution < 1.29 is 24.1 Å². The first-order valence-electron chi connectivity index (χ1n) is 8.16. The van der Waals surface area contributed by atoms with Crippen molar-refractivity contribution in [2.24, 2.45) is 0 Å². The number of nitrogens with one attached hydrogen (secondary N) is 1. The van der Waals surface area contributed by atoms with E-state index >= 15 is 0 Å². The maximum atomic E-state index is 12.4. The molecule has 0 bridgehead atoms. The number of ether oxygens (including phenoxy) is 3. The molecule has 2 aromatic rings. The lowest BCUT2D eigenvalue weighted by Crippen LogP contribution is -2.28. The molecule has 1 heterocycles. The summed E-state index contributed by atoms with van der Waals surface area (Å²) >= 11 is 0. The van der Waals surface area contributed by atoms with E-state index in [1.54, 1.807) is 30.3 Å². The first-order valence-corrected chi connectivity index (χ1v) is 8.16. The minimum absolute atomic E-state index is 0.0505. The lowest BCUT2D eigenvalue weighted by molar-refractivity contribution is 0.0911. The summed E-state index contributed by atoms with van der Waals surface area (Å²) in [5.74, 6) is 1.34. The summed E-state index contributed by atoms with van der Waals surface area (Å²) in [6.45, 7) is 4.06. The second kappa shape index (κ2) is 7.44. The number of benzene rings is 2. The zero-order valence-electron chi connectivity index (χ0n) is 14.2. The van der Waals surface area contributed by atoms with Gasteiger partial charge in [-0.25, -0.2) is 0 Å². The summed E-state index contributed by atoms with van der Waals surface area (Å²) in [7, 11) is 0. The smallest absolute Gasteiger partial charge is 0.255 e. The van der Waals surface area contributed by atoms with Crippen molar-refractivity contribution in [3.05, 3.63) is 53.6 Å². The van der Waals surface area contributed by atoms with Gasteiger partial charge in [0.15, 0.2) is 11.5 Å². The molecule has 1 aliphatic heterocycles. The molecule has 0 aromatic heterocycles. The van der Waals surface area contributed by atoms with Crippen LogP contribution in [0, 0.1) is 0 Å². The molecule has 0 radical (unpaired) electrons. The Morgan fingerprint density at radius 2 is 2.04 bits per heavy atom. The van der Waals surface area contributed by atoms with Crippen LogP contribution in [0.2, 0.25) is 0 Å². The van der Waals surface area contributed by atoms with Gasteiger partial charge in [-0.15, -0.1) is 0 Å². The Hall–Kier alpha value is -2.73. The van der Waals surface area contributed by atoms with Gasteiger partial charge in [-0.1, -0.05) is 18.2 Å². The summed E-state index contributed by atoms with van der Waals surface area (Å²) in [4.78, 5) is 12.4. The molecule has 0 fully saturated rings. The average molecular weight is 343 g/mol. The van der Waals surface area contributed by atoms with Crippen LogP contribution < -0.4 is 19.5 Å². The summed E-state index contributed by atoms with van der Waals surface area (Å²) in [5.41, 5.74) is 1.07. The van der Waals surface area contributed by atoms with E-state index in [0.29, 0.717) is 28.4 Å². The summed E-state index contributed by atoms with van der Waals surface area (Å²) in [6, 6.07) is 12.3. The number of rotatable bonds is 6. The molecule has 0 saturated carbocycles. The van der Waals surface area contributed by atoms with Crippen LogP contribution in [0.3, 0.4) is 0 Å². The fourth-order valence-electron chi connectivity index (χ4n) is 2.58. The number of aliphatic hydroxyl groups excluding tert-OH is 1. The van der Waals surface area contributed by atoms with Crippen LogP contribution in [0.4, 0.5) is 0 Å². The van der Waals surface area contributed by atoms with Crippen LogP contribution in [0.1, 0.15) is 35.9 Å². The lowest BCUT2D eigenvalue weighted by atomic mass is 10.1. The Morgan fingerprint density at radius 1 is 1.24 bits per heavy atom. The van der Waals surface area contributed by atoms with E-state index in [1.165, 1.54) is 0 Å². The maximum absolute atomic E-state index is 12.4. The third kappa shape index (κ3) is 4.03. The highest BCUT2D eigenvalue weighted by molar-refractivity contribution is 5.97. The van der Waals surface area contributed by atoms with Crippen LogP contribution in [0.5, 0.6) is 17.2 Å². The van der Waals surface area contributed by atoms with Gasteiger partial charge in [-0.05, 0) is 43.7 Å². The van der Waals surface area contributed by atoms with E-state index in [-0.39, 0.29) is 25.3 Å². The number of carbonyl (C=O) groups is 1. The Morgan fingerprint density at radius 3 is 2.84 bits per heavy atom. The molecule has 6 heteroatoms. The standard InChI is InChI=1S/C19H21NO5/c1-12(2)25-14-6-3-5-13(9-14)16(21)10-20-19(22)15-7-4-8-17-18(15)24-11-23-17/h3-9,12,16,21H,10-11H2,1-2H3,(H,20,22). The Bertz CT molecular complexity index is 759. The molecule has 1 atom stereocenters. The van der Waals surface area contributed by atoms with E-state index in [0.717, 1.165) is 0 Å². The van der Waals surface area contributed by atoms with Gasteiger partial charge in [-0.2, -0.15) is 0 Å². The SMILES string of the molecule is CC(C)Oc1cccc(C(O)CNC(=O)c2cccc3c2OCO3)c1. The summed E-state index contributed by atoms with van der Waals surface area (Å²) in [6.07, 6.45) is -0.789. The van der Waals surface area contributed by atoms with Crippen LogP contribution in [0.25, 0.3) is 0 Å². The van der Waals surface area contributed by atoms with Crippen molar-refractivity contribution in [2.75, 3.05) is 13.3 Å². The van der Waals surface area contributed by atoms with E-state index < -0.39 is 6.10 Å². The van der Waals surface area contributed by atoms with Crippen LogP contribution in [-0.4, -0.2) is 30.5 Å². The van der Waals surface area contributed by atoms with Crippen molar-refractivity contribution in [3.63, 3.8) is 0 Å². The second-order valence-electron chi connectivity index (χ2n) is 6.00. The van der Waals surface area contributed by atoms with Gasteiger partial charge in [0, 0.05) is 6.54 Å². The molecule has 2 N–H and O–H groups in total. The highest BCUT2D eigenvalue weighted by Gasteiger charge is 2.22. The summed E-state index contributed by atoms with van der Waals surface area (Å²) < 4.78 is 16.2. The van der Waals surface area contributed by atoms with Crippen molar-refractivity contribution in [1.29, 1.82) is 0 Å². The van der Waals surface area contributed by atoms with E-state index in [2.05, 4.69) is 5.32 Å². The first kappa shape index (κ1) is 17.1. The van der Waals surface area contributed by atoms with Crippen LogP contribution in [-0.2, 0) is 0 Å². The van der Waals surface area contributed by atoms with Gasteiger partial charge >= 0.3 is 0 Å². The quantitative estimate of drug-likeness (QED) is 0.843. The number of hydrogen-bond acceptors (Lipinski definition) is 5. The zero-order valence-corrected chi connectivity index (χ0v) is 14.2. The van der Waals surface area contributed by atoms with Gasteiger partial charge in [0.2, 0.25) is 6.79 Å². The number of aliphatic hydroxyl groups is 1. The molecule has 0 spiro atoms. The minimum atomic E-state index is -0.839. The molecule has 3 rings (SSSR count). The lowest BCUT2D eigenvalue weighted by Gasteiger charge is -2.15. The Balaban J connectivity index is 1.64. The fraction of sp³-hybridized carbons (Fsp3) is 0.316. The molecule has 1 amide bonds. The number of fused-ring (bicyclic) bond motifs is 1. The summed E-state index contributed by atoms with van der Waals surface area (Å²) in [5, 5.41) is 13.1. The number of hydrogen-bond donors (Lipinski definition) is 2. The normalized spacial score (nSPS) is 13.6. The van der Waals surface area contributed by atoms with Crippen molar-refractivity contribution in [2.45, 2.75) is 26.1 Å². The molecule has 1 aliphatic rings. The minimum Gasteiger partial charge on any atom is -0.491 e. The van der Waals surface area contributed by atoms with Gasteiger partial charge < -0.3 is 24.6 Å². The van der Waals surface area contributed by atoms with Gasteiger partial charge in [0.1, 0.15) is 5.75 Å². The third-order valence-electron chi connectivity index (χ3n) is 3.71. The Kier molecular flexibility index (Phi) is 5.09. The molecular weight excluding hydrogens is 322 g/mol. The maximum Gasteiger partial charge on any atom is 0.255 e. The van der Waals surface area contributed by atoms with Gasteiger partial charge in [-0.3, -0.25) is 4.79 Å². The highest BCUT2D eigenvalue weighted by atomic mass is 16.7. The van der Waals surface area contributed by atoms with Gasteiger partial charge in [0.05, 0.1) is 17.8 Å². The fourth-order valence-corrected chi connectivity index (χ4v) is 2.58. The molecule has 2 aromatic carbocycles. The number of para-hydroxylation sites is 1. The van der Waals surface area contributed by atoms with Crippen LogP contribution >= 0.6 is 0 Å². The largest absolute Gasteiger partial charge is 0.491 e. The predicted molar refractivity (Wildman–Crippen MR) is 92.1 cm³/mol. The molecule has 6 nitrogen and oxygen atoms in total. The highest BCUT2D eigenvalue weighted by Crippen LogP contribution is 2.35. The number of carbonyl (C=O) groups excluding carboxylic acids is 1. The Labute approximate surface area is 146 Å². The molecule has 0 aliphatic carbocycles. The van der Waals surface area contributed by atoms with E-state index in [1.807, 2.05) is 26.0 Å². The van der Waals surface area contributed by atoms with E-state index in [9.17, 15) is 9.90 Å². The van der Waals surface area contributed by atoms with Crippen molar-refractivity contribution in [1.82, 2.24) is 5.32 Å². The van der Waals surface area contributed by atoms with Crippen LogP contribution in [0.15, 0.2) is 42.5 Å². The van der Waals surface area contributed by atoms with Gasteiger partial charge in [0.25, 0.3) is 5.91 Å². The molecule has 0 saturated heterocycles. The molecule has 1 unspecified atom stereocenters. The second-order valence-corrected chi connectivity index (χ2v) is 6.00. The van der Waals surface area contributed by atoms with E-state index in [4.69, 9.17) is 14.2 Å². The molecule has 25 heavy (non-hydrogen) atoms. The zero-order chi connectivity index (χ0) is 17.8. The van der Waals surface area contributed by atoms with Crippen molar-refractivity contribution >= 4 is 5.91 Å². The predicted octanol–water partition coefficient (Wildman–Crippen LogP) is 2.67. The average Bonchev–Trinajstić information content (AvgIpc) is 3.07. The topological polar surface area (TPSA) is 77.0 Å². The first-order chi connectivity index (χ1) is 12.0.